The first kappa shape index (κ1) is 11.7. The van der Waals surface area contributed by atoms with Crippen molar-refractivity contribution in [2.45, 2.75) is 39.0 Å². The predicted octanol–water partition coefficient (Wildman–Crippen LogP) is 3.28. The standard InChI is InChI=1S/C15H23N/c1-2-14-7-5-8-15(13-14)9-6-12-16-10-3-4-11-16/h5,7-8,13H,2-4,6,9-12H2,1H3. The minimum Gasteiger partial charge on any atom is -0.303 e. The van der Waals surface area contributed by atoms with Crippen molar-refractivity contribution in [3.05, 3.63) is 35.4 Å². The molecule has 1 heteroatoms. The second-order valence-corrected chi connectivity index (χ2v) is 4.83. The zero-order chi connectivity index (χ0) is 11.2. The van der Waals surface area contributed by atoms with Gasteiger partial charge in [0, 0.05) is 0 Å². The Morgan fingerprint density at radius 3 is 2.62 bits per heavy atom. The second-order valence-electron chi connectivity index (χ2n) is 4.83. The lowest BCUT2D eigenvalue weighted by Crippen LogP contribution is -2.20. The van der Waals surface area contributed by atoms with Gasteiger partial charge in [0.1, 0.15) is 0 Å². The number of benzene rings is 1. The van der Waals surface area contributed by atoms with Crippen LogP contribution < -0.4 is 0 Å². The molecule has 1 fully saturated rings. The summed E-state index contributed by atoms with van der Waals surface area (Å²) < 4.78 is 0. The lowest BCUT2D eigenvalue weighted by molar-refractivity contribution is 0.334. The first-order valence-electron chi connectivity index (χ1n) is 6.68. The first-order valence-corrected chi connectivity index (χ1v) is 6.68. The fourth-order valence-electron chi connectivity index (χ4n) is 2.52. The van der Waals surface area contributed by atoms with Crippen LogP contribution in [0.15, 0.2) is 24.3 Å². The van der Waals surface area contributed by atoms with Gasteiger partial charge >= 0.3 is 0 Å². The maximum absolute atomic E-state index is 2.60. The smallest absolute Gasteiger partial charge is 0.00156 e. The van der Waals surface area contributed by atoms with E-state index in [1.54, 1.807) is 0 Å². The van der Waals surface area contributed by atoms with E-state index in [1.165, 1.54) is 56.4 Å². The number of hydrogen-bond donors (Lipinski definition) is 0. The molecule has 0 aromatic heterocycles. The number of likely N-dealkylation sites (tertiary alicyclic amines) is 1. The van der Waals surface area contributed by atoms with E-state index in [2.05, 4.69) is 36.1 Å². The molecule has 0 N–H and O–H groups in total. The van der Waals surface area contributed by atoms with Gasteiger partial charge in [0.05, 0.1) is 0 Å². The highest BCUT2D eigenvalue weighted by atomic mass is 15.1. The Labute approximate surface area is 99.5 Å². The van der Waals surface area contributed by atoms with Crippen LogP contribution in [-0.2, 0) is 12.8 Å². The molecule has 88 valence electrons. The molecule has 1 aliphatic rings. The molecule has 0 atom stereocenters. The van der Waals surface area contributed by atoms with Crippen molar-refractivity contribution in [1.82, 2.24) is 4.90 Å². The van der Waals surface area contributed by atoms with E-state index >= 15 is 0 Å². The van der Waals surface area contributed by atoms with Crippen LogP contribution in [0.5, 0.6) is 0 Å². The molecule has 0 radical (unpaired) electrons. The van der Waals surface area contributed by atoms with E-state index in [4.69, 9.17) is 0 Å². The molecule has 0 amide bonds. The van der Waals surface area contributed by atoms with Gasteiger partial charge in [-0.3, -0.25) is 0 Å². The lowest BCUT2D eigenvalue weighted by atomic mass is 10.1. The first-order chi connectivity index (χ1) is 7.88. The third-order valence-electron chi connectivity index (χ3n) is 3.54. The van der Waals surface area contributed by atoms with Crippen LogP contribution in [0.25, 0.3) is 0 Å². The minimum absolute atomic E-state index is 1.15. The van der Waals surface area contributed by atoms with E-state index in [1.807, 2.05) is 0 Å². The number of rotatable bonds is 5. The van der Waals surface area contributed by atoms with Crippen LogP contribution >= 0.6 is 0 Å². The fourth-order valence-corrected chi connectivity index (χ4v) is 2.52. The third-order valence-corrected chi connectivity index (χ3v) is 3.54. The van der Waals surface area contributed by atoms with E-state index < -0.39 is 0 Å². The Morgan fingerprint density at radius 1 is 1.12 bits per heavy atom. The summed E-state index contributed by atoms with van der Waals surface area (Å²) in [6.07, 6.45) is 6.52. The van der Waals surface area contributed by atoms with Crippen LogP contribution in [0, 0.1) is 0 Å². The topological polar surface area (TPSA) is 3.24 Å². The predicted molar refractivity (Wildman–Crippen MR) is 69.8 cm³/mol. The van der Waals surface area contributed by atoms with Gasteiger partial charge in [-0.15, -0.1) is 0 Å². The number of hydrogen-bond acceptors (Lipinski definition) is 1. The zero-order valence-electron chi connectivity index (χ0n) is 10.4. The summed E-state index contributed by atoms with van der Waals surface area (Å²) in [4.78, 5) is 2.60. The quantitative estimate of drug-likeness (QED) is 0.731. The normalized spacial score (nSPS) is 16.8. The summed E-state index contributed by atoms with van der Waals surface area (Å²) >= 11 is 0. The summed E-state index contributed by atoms with van der Waals surface area (Å²) in [7, 11) is 0. The van der Waals surface area contributed by atoms with Crippen molar-refractivity contribution in [3.63, 3.8) is 0 Å². The minimum atomic E-state index is 1.15. The highest BCUT2D eigenvalue weighted by Crippen LogP contribution is 2.11. The highest BCUT2D eigenvalue weighted by Gasteiger charge is 2.10. The molecule has 1 heterocycles. The zero-order valence-corrected chi connectivity index (χ0v) is 10.4. The van der Waals surface area contributed by atoms with Gasteiger partial charge in [-0.1, -0.05) is 31.2 Å². The largest absolute Gasteiger partial charge is 0.303 e. The summed E-state index contributed by atoms with van der Waals surface area (Å²) in [6, 6.07) is 9.06. The van der Waals surface area contributed by atoms with Gasteiger partial charge in [0.25, 0.3) is 0 Å². The van der Waals surface area contributed by atoms with Gasteiger partial charge < -0.3 is 4.90 Å². The molecule has 1 aromatic carbocycles. The summed E-state index contributed by atoms with van der Waals surface area (Å²) in [5.41, 5.74) is 2.98. The van der Waals surface area contributed by atoms with E-state index in [0.717, 1.165) is 6.42 Å². The average molecular weight is 217 g/mol. The lowest BCUT2D eigenvalue weighted by Gasteiger charge is -2.14. The summed E-state index contributed by atoms with van der Waals surface area (Å²) in [6.45, 7) is 6.17. The number of nitrogens with zero attached hydrogens (tertiary/aromatic N) is 1. The summed E-state index contributed by atoms with van der Waals surface area (Å²) in [5, 5.41) is 0. The van der Waals surface area contributed by atoms with Crippen LogP contribution in [-0.4, -0.2) is 24.5 Å². The molecule has 2 rings (SSSR count). The Hall–Kier alpha value is -0.820. The van der Waals surface area contributed by atoms with Gasteiger partial charge in [-0.25, -0.2) is 0 Å². The van der Waals surface area contributed by atoms with Gasteiger partial charge in [-0.2, -0.15) is 0 Å². The molecule has 0 spiro atoms. The van der Waals surface area contributed by atoms with Crippen molar-refractivity contribution >= 4 is 0 Å². The van der Waals surface area contributed by atoms with Gasteiger partial charge in [0.2, 0.25) is 0 Å². The Morgan fingerprint density at radius 2 is 1.88 bits per heavy atom. The highest BCUT2D eigenvalue weighted by molar-refractivity contribution is 5.23. The fraction of sp³-hybridized carbons (Fsp3) is 0.600. The summed E-state index contributed by atoms with van der Waals surface area (Å²) in [5.74, 6) is 0. The molecule has 16 heavy (non-hydrogen) atoms. The van der Waals surface area contributed by atoms with E-state index in [-0.39, 0.29) is 0 Å². The third kappa shape index (κ3) is 3.34. The molecule has 1 aromatic rings. The molecular weight excluding hydrogens is 194 g/mol. The number of aryl methyl sites for hydroxylation is 2. The van der Waals surface area contributed by atoms with E-state index in [9.17, 15) is 0 Å². The van der Waals surface area contributed by atoms with Crippen LogP contribution in [0.1, 0.15) is 37.3 Å². The van der Waals surface area contributed by atoms with Crippen molar-refractivity contribution in [1.29, 1.82) is 0 Å². The monoisotopic (exact) mass is 217 g/mol. The van der Waals surface area contributed by atoms with Gasteiger partial charge in [-0.05, 0) is 62.9 Å². The van der Waals surface area contributed by atoms with Crippen LogP contribution in [0.4, 0.5) is 0 Å². The molecule has 1 aliphatic heterocycles. The molecule has 0 saturated carbocycles. The molecule has 1 saturated heterocycles. The molecule has 0 bridgehead atoms. The second kappa shape index (κ2) is 6.05. The van der Waals surface area contributed by atoms with Crippen LogP contribution in [0.2, 0.25) is 0 Å². The Bertz CT molecular complexity index is 313. The van der Waals surface area contributed by atoms with E-state index in [0.29, 0.717) is 0 Å². The maximum Gasteiger partial charge on any atom is -0.00156 e. The molecule has 0 aliphatic carbocycles. The average Bonchev–Trinajstić information content (AvgIpc) is 2.82. The van der Waals surface area contributed by atoms with Gasteiger partial charge in [0.15, 0.2) is 0 Å². The molecule has 0 unspecified atom stereocenters. The van der Waals surface area contributed by atoms with Crippen molar-refractivity contribution in [2.24, 2.45) is 0 Å². The molecular formula is C15H23N. The molecule has 1 nitrogen and oxygen atoms in total. The van der Waals surface area contributed by atoms with Crippen molar-refractivity contribution < 1.29 is 0 Å². The Kier molecular flexibility index (Phi) is 4.41. The van der Waals surface area contributed by atoms with Crippen molar-refractivity contribution in [3.8, 4) is 0 Å². The maximum atomic E-state index is 2.60. The van der Waals surface area contributed by atoms with Crippen LogP contribution in [0.3, 0.4) is 0 Å². The Balaban J connectivity index is 1.75. The SMILES string of the molecule is CCc1cccc(CCCN2CCCC2)c1. The van der Waals surface area contributed by atoms with Crippen molar-refractivity contribution in [2.75, 3.05) is 19.6 Å².